The summed E-state index contributed by atoms with van der Waals surface area (Å²) in [6, 6.07) is 6.90. The van der Waals surface area contributed by atoms with Crippen LogP contribution >= 0.6 is 0 Å². The minimum absolute atomic E-state index is 0. The van der Waals surface area contributed by atoms with Gasteiger partial charge in [-0.15, -0.1) is 0 Å². The number of aromatic carboxylic acids is 1. The Morgan fingerprint density at radius 2 is 1.84 bits per heavy atom. The predicted molar refractivity (Wildman–Crippen MR) is 130 cm³/mol. The standard InChI is InChI=1S/C25H28FN5O6.Na/c1-13(2)22-18(9-8-16(32)10-17(33)11-21(34)35)23(14-4-6-15(26)7-5-14)29-25(28-22)27-20-12-19(24(36)37)30-31(20)3;/h4-9,12-13,16-17,32-33H,10-11H2,1-3H3,(H,34,35)(H,36,37)(H,27,28,29);/q;+1/p-1/b9-8+;/t16-,17-;/m1./s1. The minimum atomic E-state index is -1.44. The largest absolute Gasteiger partial charge is 1.00 e. The number of nitrogens with zero attached hydrogens (tertiary/aromatic N) is 4. The van der Waals surface area contributed by atoms with Gasteiger partial charge in [-0.25, -0.2) is 14.4 Å². The van der Waals surface area contributed by atoms with Crippen LogP contribution in [0.2, 0.25) is 0 Å². The van der Waals surface area contributed by atoms with Crippen LogP contribution in [0.3, 0.4) is 0 Å². The number of aliphatic hydroxyl groups excluding tert-OH is 2. The zero-order valence-electron chi connectivity index (χ0n) is 21.4. The van der Waals surface area contributed by atoms with Crippen LogP contribution in [0.1, 0.15) is 54.4 Å². The van der Waals surface area contributed by atoms with Crippen molar-refractivity contribution in [3.63, 3.8) is 0 Å². The fourth-order valence-corrected chi connectivity index (χ4v) is 3.62. The Kier molecular flexibility index (Phi) is 11.1. The van der Waals surface area contributed by atoms with E-state index in [2.05, 4.69) is 20.4 Å². The number of aliphatic hydroxyl groups is 2. The van der Waals surface area contributed by atoms with Crippen molar-refractivity contribution in [1.82, 2.24) is 19.7 Å². The summed E-state index contributed by atoms with van der Waals surface area (Å²) in [6.07, 6.45) is -0.0817. The second kappa shape index (κ2) is 13.6. The number of aromatic nitrogens is 4. The molecule has 1 aromatic carbocycles. The van der Waals surface area contributed by atoms with Crippen LogP contribution in [0, 0.1) is 5.82 Å². The van der Waals surface area contributed by atoms with Crippen LogP contribution in [0.25, 0.3) is 17.3 Å². The molecule has 2 aromatic heterocycles. The summed E-state index contributed by atoms with van der Waals surface area (Å²) in [4.78, 5) is 31.1. The molecule has 0 aliphatic heterocycles. The van der Waals surface area contributed by atoms with Crippen LogP contribution in [0.15, 0.2) is 36.4 Å². The molecule has 2 atom stereocenters. The molecule has 0 unspecified atom stereocenters. The van der Waals surface area contributed by atoms with Gasteiger partial charge in [0.25, 0.3) is 0 Å². The zero-order valence-corrected chi connectivity index (χ0v) is 23.4. The van der Waals surface area contributed by atoms with Gasteiger partial charge in [0.1, 0.15) is 17.3 Å². The molecule has 0 saturated heterocycles. The summed E-state index contributed by atoms with van der Waals surface area (Å²) in [5.41, 5.74) is 1.77. The number of hydrogen-bond donors (Lipinski definition) is 4. The molecule has 3 aromatic rings. The van der Waals surface area contributed by atoms with Gasteiger partial charge in [0.05, 0.1) is 36.0 Å². The van der Waals surface area contributed by atoms with E-state index in [1.54, 1.807) is 6.08 Å². The summed E-state index contributed by atoms with van der Waals surface area (Å²) in [6.45, 7) is 3.78. The molecule has 11 nitrogen and oxygen atoms in total. The minimum Gasteiger partial charge on any atom is -0.543 e. The molecule has 0 fully saturated rings. The number of halogens is 1. The molecular formula is C25H27FN5NaO6. The van der Waals surface area contributed by atoms with Crippen LogP contribution in [-0.4, -0.2) is 59.2 Å². The smallest absolute Gasteiger partial charge is 0.543 e. The topological polar surface area (TPSA) is 174 Å². The summed E-state index contributed by atoms with van der Waals surface area (Å²) in [5, 5.41) is 47.0. The Morgan fingerprint density at radius 1 is 1.18 bits per heavy atom. The Bertz CT molecular complexity index is 1310. The third-order valence-electron chi connectivity index (χ3n) is 5.38. The van der Waals surface area contributed by atoms with Crippen molar-refractivity contribution in [1.29, 1.82) is 0 Å². The number of aliphatic carboxylic acids is 1. The molecule has 3 rings (SSSR count). The maximum atomic E-state index is 13.6. The van der Waals surface area contributed by atoms with E-state index in [-0.39, 0.29) is 53.5 Å². The third kappa shape index (κ3) is 8.17. The zero-order chi connectivity index (χ0) is 27.3. The molecule has 38 heavy (non-hydrogen) atoms. The van der Waals surface area contributed by atoms with E-state index < -0.39 is 36.4 Å². The predicted octanol–water partition coefficient (Wildman–Crippen LogP) is -1.15. The van der Waals surface area contributed by atoms with Gasteiger partial charge in [-0.05, 0) is 30.2 Å². The average molecular weight is 536 g/mol. The van der Waals surface area contributed by atoms with Crippen molar-refractivity contribution in [2.45, 2.75) is 44.8 Å². The van der Waals surface area contributed by atoms with Gasteiger partial charge in [0, 0.05) is 30.7 Å². The molecule has 196 valence electrons. The molecule has 0 spiro atoms. The molecule has 0 radical (unpaired) electrons. The molecule has 2 heterocycles. The first-order chi connectivity index (χ1) is 17.4. The first-order valence-corrected chi connectivity index (χ1v) is 11.4. The number of benzene rings is 1. The average Bonchev–Trinajstić information content (AvgIpc) is 3.18. The maximum Gasteiger partial charge on any atom is 1.00 e. The summed E-state index contributed by atoms with van der Waals surface area (Å²) in [5.74, 6) is -2.77. The second-order valence-corrected chi connectivity index (χ2v) is 8.72. The van der Waals surface area contributed by atoms with E-state index in [0.29, 0.717) is 28.3 Å². The number of aryl methyl sites for hydroxylation is 1. The monoisotopic (exact) mass is 535 g/mol. The van der Waals surface area contributed by atoms with E-state index >= 15 is 0 Å². The second-order valence-electron chi connectivity index (χ2n) is 8.72. The van der Waals surface area contributed by atoms with Crippen LogP contribution in [-0.2, 0) is 11.8 Å². The van der Waals surface area contributed by atoms with E-state index in [1.807, 2.05) is 13.8 Å². The van der Waals surface area contributed by atoms with Gasteiger partial charge in [-0.1, -0.05) is 26.0 Å². The van der Waals surface area contributed by atoms with Crippen molar-refractivity contribution in [3.8, 4) is 11.3 Å². The van der Waals surface area contributed by atoms with E-state index in [0.717, 1.165) is 0 Å². The van der Waals surface area contributed by atoms with Gasteiger partial charge in [0.2, 0.25) is 5.95 Å². The van der Waals surface area contributed by atoms with E-state index in [4.69, 9.17) is 5.11 Å². The Hall–Kier alpha value is -3.16. The van der Waals surface area contributed by atoms with Gasteiger partial charge >= 0.3 is 35.5 Å². The van der Waals surface area contributed by atoms with Crippen LogP contribution in [0.5, 0.6) is 0 Å². The Balaban J connectivity index is 0.00000507. The Morgan fingerprint density at radius 3 is 2.39 bits per heavy atom. The van der Waals surface area contributed by atoms with Crippen molar-refractivity contribution in [2.24, 2.45) is 7.05 Å². The number of carbonyl (C=O) groups excluding carboxylic acids is 1. The molecule has 0 saturated carbocycles. The molecule has 0 aliphatic carbocycles. The molecule has 0 aliphatic rings. The van der Waals surface area contributed by atoms with Crippen molar-refractivity contribution in [2.75, 3.05) is 5.32 Å². The number of rotatable bonds is 11. The summed E-state index contributed by atoms with van der Waals surface area (Å²) < 4.78 is 14.9. The number of carboxylic acids is 2. The fraction of sp³-hybridized carbons (Fsp3) is 0.320. The third-order valence-corrected chi connectivity index (χ3v) is 5.38. The maximum absolute atomic E-state index is 13.6. The number of hydrogen-bond acceptors (Lipinski definition) is 9. The first-order valence-electron chi connectivity index (χ1n) is 11.4. The summed E-state index contributed by atoms with van der Waals surface area (Å²) in [7, 11) is 1.54. The summed E-state index contributed by atoms with van der Waals surface area (Å²) >= 11 is 0. The number of carboxylic acid groups (broad SMARTS) is 2. The van der Waals surface area contributed by atoms with Gasteiger partial charge < -0.3 is 30.5 Å². The van der Waals surface area contributed by atoms with Crippen LogP contribution < -0.4 is 40.0 Å². The Labute approximate surface area is 240 Å². The van der Waals surface area contributed by atoms with Gasteiger partial charge in [-0.3, -0.25) is 9.48 Å². The van der Waals surface area contributed by atoms with Gasteiger partial charge in [-0.2, -0.15) is 5.10 Å². The molecular weight excluding hydrogens is 508 g/mol. The normalized spacial score (nSPS) is 12.8. The molecule has 4 N–H and O–H groups in total. The quantitative estimate of drug-likeness (QED) is 0.220. The molecule has 0 amide bonds. The van der Waals surface area contributed by atoms with Crippen molar-refractivity contribution >= 4 is 29.8 Å². The molecule has 0 bridgehead atoms. The molecule has 13 heteroatoms. The number of anilines is 2. The van der Waals surface area contributed by atoms with Crippen LogP contribution in [0.4, 0.5) is 16.2 Å². The van der Waals surface area contributed by atoms with Gasteiger partial charge in [0.15, 0.2) is 0 Å². The first kappa shape index (κ1) is 31.1. The van der Waals surface area contributed by atoms with E-state index in [9.17, 15) is 29.3 Å². The fourth-order valence-electron chi connectivity index (χ4n) is 3.62. The van der Waals surface area contributed by atoms with Crippen molar-refractivity contribution in [3.05, 3.63) is 59.2 Å². The number of carbonyl (C=O) groups is 2. The van der Waals surface area contributed by atoms with E-state index in [1.165, 1.54) is 48.1 Å². The van der Waals surface area contributed by atoms with Crippen molar-refractivity contribution < 1.29 is 64.0 Å². The SMILES string of the molecule is CC(C)c1nc(Nc2cc(C(=O)[O-])nn2C)nc(-c2ccc(F)cc2)c1/C=C/[C@@H](O)C[C@@H](O)CC(=O)O.[Na+]. The number of nitrogens with one attached hydrogen (secondary N) is 1.